The predicted octanol–water partition coefficient (Wildman–Crippen LogP) is 2.92. The summed E-state index contributed by atoms with van der Waals surface area (Å²) in [7, 11) is 5.16. The minimum atomic E-state index is 0.708. The second-order valence-electron chi connectivity index (χ2n) is 5.72. The highest BCUT2D eigenvalue weighted by Crippen LogP contribution is 2.18. The fourth-order valence-electron chi connectivity index (χ4n) is 2.68. The van der Waals surface area contributed by atoms with Gasteiger partial charge in [0.05, 0.1) is 14.2 Å². The van der Waals surface area contributed by atoms with Gasteiger partial charge in [-0.2, -0.15) is 0 Å². The van der Waals surface area contributed by atoms with E-state index in [9.17, 15) is 0 Å². The summed E-state index contributed by atoms with van der Waals surface area (Å²) in [5, 5.41) is 6.67. The van der Waals surface area contributed by atoms with E-state index in [-0.39, 0.29) is 0 Å². The van der Waals surface area contributed by atoms with E-state index in [1.54, 1.807) is 21.3 Å². The summed E-state index contributed by atoms with van der Waals surface area (Å²) in [5.74, 6) is 2.60. The van der Waals surface area contributed by atoms with E-state index < -0.39 is 0 Å². The third kappa shape index (κ3) is 5.41. The van der Waals surface area contributed by atoms with Crippen molar-refractivity contribution in [3.05, 3.63) is 59.2 Å². The molecular weight excluding hydrogens is 314 g/mol. The van der Waals surface area contributed by atoms with Gasteiger partial charge in [0.2, 0.25) is 0 Å². The van der Waals surface area contributed by atoms with Crippen molar-refractivity contribution in [2.45, 2.75) is 19.9 Å². The van der Waals surface area contributed by atoms with E-state index in [1.807, 2.05) is 31.2 Å². The van der Waals surface area contributed by atoms with Crippen molar-refractivity contribution in [2.24, 2.45) is 4.99 Å². The van der Waals surface area contributed by atoms with Gasteiger partial charge >= 0.3 is 0 Å². The quantitative estimate of drug-likeness (QED) is 0.601. The standard InChI is InChI=1S/C20H27N3O2/c1-15-13-16(9-10-18(15)24-3)14-23-20(21-2)22-12-11-17-7-5-6-8-19(17)25-4/h5-10,13H,11-12,14H2,1-4H3,(H2,21,22,23). The minimum Gasteiger partial charge on any atom is -0.496 e. The zero-order chi connectivity index (χ0) is 18.1. The molecule has 0 unspecified atom stereocenters. The number of nitrogens with one attached hydrogen (secondary N) is 2. The Labute approximate surface area is 150 Å². The number of methoxy groups -OCH3 is 2. The molecule has 134 valence electrons. The SMILES string of the molecule is CN=C(NCCc1ccccc1OC)NCc1ccc(OC)c(C)c1. The molecule has 0 radical (unpaired) electrons. The van der Waals surface area contributed by atoms with Crippen molar-refractivity contribution in [2.75, 3.05) is 27.8 Å². The van der Waals surface area contributed by atoms with Crippen LogP contribution in [-0.2, 0) is 13.0 Å². The minimum absolute atomic E-state index is 0.708. The molecule has 0 aliphatic rings. The molecular formula is C20H27N3O2. The molecule has 0 aromatic heterocycles. The van der Waals surface area contributed by atoms with Gasteiger partial charge in [0.1, 0.15) is 11.5 Å². The van der Waals surface area contributed by atoms with Crippen molar-refractivity contribution < 1.29 is 9.47 Å². The number of nitrogens with zero attached hydrogens (tertiary/aromatic N) is 1. The molecule has 0 fully saturated rings. The Hall–Kier alpha value is -2.69. The number of hydrogen-bond acceptors (Lipinski definition) is 3. The van der Waals surface area contributed by atoms with Gasteiger partial charge in [-0.25, -0.2) is 0 Å². The third-order valence-electron chi connectivity index (χ3n) is 4.02. The molecule has 0 heterocycles. The Kier molecular flexibility index (Phi) is 7.14. The lowest BCUT2D eigenvalue weighted by Gasteiger charge is -2.14. The molecule has 5 nitrogen and oxygen atoms in total. The van der Waals surface area contributed by atoms with Crippen LogP contribution >= 0.6 is 0 Å². The summed E-state index contributed by atoms with van der Waals surface area (Å²) in [6.45, 7) is 3.53. The monoisotopic (exact) mass is 341 g/mol. The Morgan fingerprint density at radius 1 is 1.00 bits per heavy atom. The summed E-state index contributed by atoms with van der Waals surface area (Å²) >= 11 is 0. The van der Waals surface area contributed by atoms with Crippen LogP contribution in [0.5, 0.6) is 11.5 Å². The van der Waals surface area contributed by atoms with Crippen LogP contribution in [0.4, 0.5) is 0 Å². The average molecular weight is 341 g/mol. The van der Waals surface area contributed by atoms with Crippen molar-refractivity contribution in [1.29, 1.82) is 0 Å². The van der Waals surface area contributed by atoms with Crippen LogP contribution in [0.15, 0.2) is 47.5 Å². The maximum absolute atomic E-state index is 5.38. The summed E-state index contributed by atoms with van der Waals surface area (Å²) in [6, 6.07) is 14.2. The maximum Gasteiger partial charge on any atom is 0.191 e. The first-order valence-electron chi connectivity index (χ1n) is 8.38. The fraction of sp³-hybridized carbons (Fsp3) is 0.350. The number of aliphatic imine (C=N–C) groups is 1. The molecule has 0 bridgehead atoms. The normalized spacial score (nSPS) is 11.1. The number of benzene rings is 2. The van der Waals surface area contributed by atoms with Crippen LogP contribution in [0.1, 0.15) is 16.7 Å². The molecule has 0 amide bonds. The first-order valence-corrected chi connectivity index (χ1v) is 8.38. The highest BCUT2D eigenvalue weighted by molar-refractivity contribution is 5.79. The Balaban J connectivity index is 1.84. The molecule has 0 saturated carbocycles. The van der Waals surface area contributed by atoms with Crippen LogP contribution in [0.3, 0.4) is 0 Å². The smallest absolute Gasteiger partial charge is 0.191 e. The first kappa shape index (κ1) is 18.6. The number of para-hydroxylation sites is 1. The Bertz CT molecular complexity index is 714. The van der Waals surface area contributed by atoms with Crippen molar-refractivity contribution >= 4 is 5.96 Å². The lowest BCUT2D eigenvalue weighted by Crippen LogP contribution is -2.37. The van der Waals surface area contributed by atoms with Crippen molar-refractivity contribution in [1.82, 2.24) is 10.6 Å². The van der Waals surface area contributed by atoms with Gasteiger partial charge in [-0.1, -0.05) is 30.3 Å². The molecule has 2 N–H and O–H groups in total. The van der Waals surface area contributed by atoms with Gasteiger partial charge in [-0.05, 0) is 42.2 Å². The number of guanidine groups is 1. The molecule has 5 heteroatoms. The van der Waals surface area contributed by atoms with E-state index in [1.165, 1.54) is 11.1 Å². The number of rotatable bonds is 7. The predicted molar refractivity (Wildman–Crippen MR) is 103 cm³/mol. The van der Waals surface area contributed by atoms with Crippen molar-refractivity contribution in [3.8, 4) is 11.5 Å². The van der Waals surface area contributed by atoms with Gasteiger partial charge in [-0.3, -0.25) is 4.99 Å². The second kappa shape index (κ2) is 9.57. The van der Waals surface area contributed by atoms with Gasteiger partial charge in [0, 0.05) is 20.1 Å². The summed E-state index contributed by atoms with van der Waals surface area (Å²) < 4.78 is 10.7. The summed E-state index contributed by atoms with van der Waals surface area (Å²) in [6.07, 6.45) is 0.867. The molecule has 0 aliphatic heterocycles. The zero-order valence-corrected chi connectivity index (χ0v) is 15.4. The maximum atomic E-state index is 5.38. The van der Waals surface area contributed by atoms with E-state index in [2.05, 4.69) is 33.8 Å². The number of hydrogen-bond donors (Lipinski definition) is 2. The second-order valence-corrected chi connectivity index (χ2v) is 5.72. The number of aryl methyl sites for hydroxylation is 1. The lowest BCUT2D eigenvalue weighted by molar-refractivity contribution is 0.409. The molecule has 2 aromatic rings. The fourth-order valence-corrected chi connectivity index (χ4v) is 2.68. The molecule has 2 aromatic carbocycles. The number of ether oxygens (including phenoxy) is 2. The van der Waals surface area contributed by atoms with E-state index >= 15 is 0 Å². The van der Waals surface area contributed by atoms with Crippen LogP contribution in [-0.4, -0.2) is 33.8 Å². The molecule has 0 spiro atoms. The third-order valence-corrected chi connectivity index (χ3v) is 4.02. The molecule has 0 atom stereocenters. The van der Waals surface area contributed by atoms with Crippen LogP contribution in [0.25, 0.3) is 0 Å². The Morgan fingerprint density at radius 3 is 2.44 bits per heavy atom. The van der Waals surface area contributed by atoms with Gasteiger partial charge < -0.3 is 20.1 Å². The van der Waals surface area contributed by atoms with Crippen LogP contribution in [0.2, 0.25) is 0 Å². The van der Waals surface area contributed by atoms with Gasteiger partial charge in [0.25, 0.3) is 0 Å². The highest BCUT2D eigenvalue weighted by atomic mass is 16.5. The molecule has 0 saturated heterocycles. The average Bonchev–Trinajstić information content (AvgIpc) is 2.65. The van der Waals surface area contributed by atoms with E-state index in [4.69, 9.17) is 9.47 Å². The van der Waals surface area contributed by atoms with Gasteiger partial charge in [-0.15, -0.1) is 0 Å². The van der Waals surface area contributed by atoms with E-state index in [0.717, 1.165) is 36.0 Å². The van der Waals surface area contributed by atoms with E-state index in [0.29, 0.717) is 6.54 Å². The van der Waals surface area contributed by atoms with Crippen LogP contribution in [0, 0.1) is 6.92 Å². The highest BCUT2D eigenvalue weighted by Gasteiger charge is 2.04. The lowest BCUT2D eigenvalue weighted by atomic mass is 10.1. The summed E-state index contributed by atoms with van der Waals surface area (Å²) in [5.41, 5.74) is 3.49. The van der Waals surface area contributed by atoms with Gasteiger partial charge in [0.15, 0.2) is 5.96 Å². The summed E-state index contributed by atoms with van der Waals surface area (Å²) in [4.78, 5) is 4.27. The topological polar surface area (TPSA) is 54.9 Å². The largest absolute Gasteiger partial charge is 0.496 e. The molecule has 2 rings (SSSR count). The Morgan fingerprint density at radius 2 is 1.76 bits per heavy atom. The first-order chi connectivity index (χ1) is 12.2. The van der Waals surface area contributed by atoms with Crippen molar-refractivity contribution in [3.63, 3.8) is 0 Å². The molecule has 25 heavy (non-hydrogen) atoms. The van der Waals surface area contributed by atoms with Crippen LogP contribution < -0.4 is 20.1 Å². The molecule has 0 aliphatic carbocycles. The zero-order valence-electron chi connectivity index (χ0n) is 15.4.